The van der Waals surface area contributed by atoms with Gasteiger partial charge in [0.05, 0.1) is 12.4 Å². The van der Waals surface area contributed by atoms with E-state index >= 15 is 0 Å². The molecular weight excluding hydrogens is 168 g/mol. The topological polar surface area (TPSA) is 47.3 Å². The monoisotopic (exact) mass is 184 g/mol. The molecule has 4 heteroatoms. The van der Waals surface area contributed by atoms with Crippen LogP contribution in [0.1, 0.15) is 32.6 Å². The van der Waals surface area contributed by atoms with Crippen LogP contribution in [0.2, 0.25) is 0 Å². The highest BCUT2D eigenvalue weighted by Crippen LogP contribution is 2.02. The molecule has 1 aromatic rings. The first-order chi connectivity index (χ1) is 6.33. The molecule has 0 amide bonds. The molecule has 0 saturated carbocycles. The van der Waals surface area contributed by atoms with Crippen LogP contribution in [-0.2, 0) is 0 Å². The molecule has 0 saturated heterocycles. The summed E-state index contributed by atoms with van der Waals surface area (Å²) in [6, 6.07) is 1.75. The maximum absolute atomic E-state index is 9.36. The van der Waals surface area contributed by atoms with Gasteiger partial charge in [0.25, 0.3) is 0 Å². The highest BCUT2D eigenvalue weighted by molar-refractivity contribution is 4.75. The van der Waals surface area contributed by atoms with E-state index in [9.17, 15) is 5.11 Å². The molecule has 0 spiro atoms. The van der Waals surface area contributed by atoms with Gasteiger partial charge in [0, 0.05) is 6.42 Å². The number of hydrogen-bond acceptors (Lipinski definition) is 3. The number of unbranched alkanes of at least 4 members (excludes halogenated alkanes) is 2. The van der Waals surface area contributed by atoms with Crippen molar-refractivity contribution in [1.29, 1.82) is 0 Å². The quantitative estimate of drug-likeness (QED) is 0.534. The highest BCUT2D eigenvalue weighted by atomic mass is 16.7. The van der Waals surface area contributed by atoms with Gasteiger partial charge in [-0.05, 0) is 12.5 Å². The predicted octanol–water partition coefficient (Wildman–Crippen LogP) is 1.21. The third-order valence-corrected chi connectivity index (χ3v) is 1.76. The smallest absolute Gasteiger partial charge is 0.224 e. The van der Waals surface area contributed by atoms with E-state index in [0.29, 0.717) is 6.42 Å². The Labute approximate surface area is 78.1 Å². The SMILES string of the molecule is CCCCCC(O)On1cccn1. The molecule has 0 aromatic carbocycles. The summed E-state index contributed by atoms with van der Waals surface area (Å²) >= 11 is 0. The summed E-state index contributed by atoms with van der Waals surface area (Å²) < 4.78 is 0. The summed E-state index contributed by atoms with van der Waals surface area (Å²) in [5.74, 6) is 0. The largest absolute Gasteiger partial charge is 0.365 e. The average molecular weight is 184 g/mol. The lowest BCUT2D eigenvalue weighted by atomic mass is 10.2. The first-order valence-corrected chi connectivity index (χ1v) is 4.67. The van der Waals surface area contributed by atoms with Crippen molar-refractivity contribution < 1.29 is 9.94 Å². The van der Waals surface area contributed by atoms with Gasteiger partial charge in [-0.1, -0.05) is 19.8 Å². The second-order valence-corrected chi connectivity index (χ2v) is 2.96. The minimum atomic E-state index is -0.744. The number of hydrogen-bond donors (Lipinski definition) is 1. The van der Waals surface area contributed by atoms with E-state index in [1.807, 2.05) is 0 Å². The van der Waals surface area contributed by atoms with Crippen LogP contribution < -0.4 is 4.84 Å². The van der Waals surface area contributed by atoms with Crippen LogP contribution in [0.4, 0.5) is 0 Å². The molecule has 1 rings (SSSR count). The van der Waals surface area contributed by atoms with Gasteiger partial charge in [-0.3, -0.25) is 0 Å². The maximum atomic E-state index is 9.36. The van der Waals surface area contributed by atoms with Crippen LogP contribution in [0.25, 0.3) is 0 Å². The van der Waals surface area contributed by atoms with Crippen LogP contribution in [0.15, 0.2) is 18.5 Å². The zero-order valence-electron chi connectivity index (χ0n) is 7.89. The van der Waals surface area contributed by atoms with E-state index in [2.05, 4.69) is 12.0 Å². The zero-order chi connectivity index (χ0) is 9.52. The minimum absolute atomic E-state index is 0.660. The van der Waals surface area contributed by atoms with Crippen LogP contribution in [-0.4, -0.2) is 21.3 Å². The lowest BCUT2D eigenvalue weighted by molar-refractivity contribution is -0.120. The third-order valence-electron chi connectivity index (χ3n) is 1.76. The second-order valence-electron chi connectivity index (χ2n) is 2.96. The molecule has 0 bridgehead atoms. The van der Waals surface area contributed by atoms with Gasteiger partial charge in [-0.2, -0.15) is 0 Å². The first-order valence-electron chi connectivity index (χ1n) is 4.67. The minimum Gasteiger partial charge on any atom is -0.365 e. The number of aromatic nitrogens is 2. The fourth-order valence-corrected chi connectivity index (χ4v) is 1.06. The predicted molar refractivity (Wildman–Crippen MR) is 49.0 cm³/mol. The molecule has 74 valence electrons. The number of rotatable bonds is 6. The van der Waals surface area contributed by atoms with Gasteiger partial charge >= 0.3 is 0 Å². The Morgan fingerprint density at radius 1 is 1.54 bits per heavy atom. The summed E-state index contributed by atoms with van der Waals surface area (Å²) in [7, 11) is 0. The lowest BCUT2D eigenvalue weighted by Gasteiger charge is -2.11. The first kappa shape index (κ1) is 10.1. The second kappa shape index (κ2) is 5.59. The molecule has 1 atom stereocenters. The highest BCUT2D eigenvalue weighted by Gasteiger charge is 2.04. The molecule has 0 aliphatic rings. The van der Waals surface area contributed by atoms with Crippen LogP contribution in [0.3, 0.4) is 0 Å². The standard InChI is InChI=1S/C9H16N2O2/c1-2-3-4-6-9(12)13-11-8-5-7-10-11/h5,7-9,12H,2-4,6H2,1H3. The Kier molecular flexibility index (Phi) is 4.32. The third kappa shape index (κ3) is 3.94. The van der Waals surface area contributed by atoms with Crippen molar-refractivity contribution in [2.45, 2.75) is 38.9 Å². The number of aliphatic hydroxyl groups excluding tert-OH is 1. The Morgan fingerprint density at radius 3 is 3.00 bits per heavy atom. The lowest BCUT2D eigenvalue weighted by Crippen LogP contribution is -2.24. The number of aliphatic hydroxyl groups is 1. The van der Waals surface area contributed by atoms with E-state index in [1.165, 1.54) is 4.85 Å². The maximum Gasteiger partial charge on any atom is 0.224 e. The summed E-state index contributed by atoms with van der Waals surface area (Å²) in [5, 5.41) is 13.2. The Hall–Kier alpha value is -1.03. The average Bonchev–Trinajstić information content (AvgIpc) is 2.57. The summed E-state index contributed by atoms with van der Waals surface area (Å²) in [6.07, 6.45) is 6.44. The molecule has 13 heavy (non-hydrogen) atoms. The summed E-state index contributed by atoms with van der Waals surface area (Å²) in [6.45, 7) is 2.13. The molecular formula is C9H16N2O2. The fraction of sp³-hybridized carbons (Fsp3) is 0.667. The van der Waals surface area contributed by atoms with E-state index in [0.717, 1.165) is 19.3 Å². The van der Waals surface area contributed by atoms with Crippen molar-refractivity contribution in [1.82, 2.24) is 9.94 Å². The Bertz CT molecular complexity index is 211. The van der Waals surface area contributed by atoms with E-state index in [4.69, 9.17) is 4.84 Å². The Morgan fingerprint density at radius 2 is 2.38 bits per heavy atom. The van der Waals surface area contributed by atoms with Crippen molar-refractivity contribution >= 4 is 0 Å². The van der Waals surface area contributed by atoms with Crippen LogP contribution in [0, 0.1) is 0 Å². The molecule has 0 aliphatic heterocycles. The summed E-state index contributed by atoms with van der Waals surface area (Å²) in [5.41, 5.74) is 0. The molecule has 0 radical (unpaired) electrons. The van der Waals surface area contributed by atoms with Gasteiger partial charge in [-0.25, -0.2) is 0 Å². The normalized spacial score (nSPS) is 12.8. The molecule has 1 N–H and O–H groups in total. The van der Waals surface area contributed by atoms with Gasteiger partial charge in [0.2, 0.25) is 6.29 Å². The van der Waals surface area contributed by atoms with Crippen molar-refractivity contribution in [3.63, 3.8) is 0 Å². The molecule has 0 fully saturated rings. The molecule has 1 heterocycles. The number of nitrogens with zero attached hydrogens (tertiary/aromatic N) is 2. The van der Waals surface area contributed by atoms with Crippen molar-refractivity contribution in [3.05, 3.63) is 18.5 Å². The van der Waals surface area contributed by atoms with Crippen LogP contribution in [0.5, 0.6) is 0 Å². The van der Waals surface area contributed by atoms with Crippen molar-refractivity contribution in [3.8, 4) is 0 Å². The molecule has 4 nitrogen and oxygen atoms in total. The van der Waals surface area contributed by atoms with Gasteiger partial charge in [0.15, 0.2) is 0 Å². The van der Waals surface area contributed by atoms with E-state index < -0.39 is 6.29 Å². The Balaban J connectivity index is 2.14. The fourth-order valence-electron chi connectivity index (χ4n) is 1.06. The van der Waals surface area contributed by atoms with Gasteiger partial charge in [0.1, 0.15) is 0 Å². The van der Waals surface area contributed by atoms with Crippen molar-refractivity contribution in [2.75, 3.05) is 0 Å². The van der Waals surface area contributed by atoms with Gasteiger partial charge < -0.3 is 9.94 Å². The van der Waals surface area contributed by atoms with Crippen molar-refractivity contribution in [2.24, 2.45) is 0 Å². The van der Waals surface area contributed by atoms with E-state index in [-0.39, 0.29) is 0 Å². The van der Waals surface area contributed by atoms with Gasteiger partial charge in [-0.15, -0.1) is 9.94 Å². The van der Waals surface area contributed by atoms with E-state index in [1.54, 1.807) is 18.5 Å². The molecule has 1 unspecified atom stereocenters. The van der Waals surface area contributed by atoms with Crippen LogP contribution >= 0.6 is 0 Å². The molecule has 0 aliphatic carbocycles. The molecule has 1 aromatic heterocycles. The summed E-state index contributed by atoms with van der Waals surface area (Å²) in [4.78, 5) is 6.34. The zero-order valence-corrected chi connectivity index (χ0v) is 7.89.